The normalized spacial score (nSPS) is 15.0. The molecular weight excluding hydrogens is 241 g/mol. The molecule has 0 aliphatic rings. The maximum absolute atomic E-state index is 13.2. The molecular formula is C13H19ClFNO. The Morgan fingerprint density at radius 1 is 1.35 bits per heavy atom. The highest BCUT2D eigenvalue weighted by Crippen LogP contribution is 2.23. The molecule has 0 aromatic heterocycles. The van der Waals surface area contributed by atoms with E-state index in [0.29, 0.717) is 17.9 Å². The van der Waals surface area contributed by atoms with Crippen molar-refractivity contribution in [3.05, 3.63) is 34.6 Å². The molecule has 4 heteroatoms. The summed E-state index contributed by atoms with van der Waals surface area (Å²) in [6.45, 7) is 4.17. The van der Waals surface area contributed by atoms with Crippen molar-refractivity contribution in [3.8, 4) is 0 Å². The molecule has 0 amide bonds. The van der Waals surface area contributed by atoms with Gasteiger partial charge in [-0.05, 0) is 36.5 Å². The van der Waals surface area contributed by atoms with Crippen LogP contribution in [-0.4, -0.2) is 11.2 Å². The van der Waals surface area contributed by atoms with Gasteiger partial charge >= 0.3 is 0 Å². The van der Waals surface area contributed by atoms with E-state index in [9.17, 15) is 9.50 Å². The summed E-state index contributed by atoms with van der Waals surface area (Å²) in [4.78, 5) is 0. The zero-order chi connectivity index (χ0) is 13.0. The van der Waals surface area contributed by atoms with Crippen LogP contribution in [0.1, 0.15) is 38.3 Å². The topological polar surface area (TPSA) is 46.2 Å². The highest BCUT2D eigenvalue weighted by atomic mass is 35.5. The highest BCUT2D eigenvalue weighted by Gasteiger charge is 2.18. The first kappa shape index (κ1) is 14.4. The van der Waals surface area contributed by atoms with E-state index >= 15 is 0 Å². The van der Waals surface area contributed by atoms with Gasteiger partial charge in [0, 0.05) is 0 Å². The van der Waals surface area contributed by atoms with Gasteiger partial charge in [0.15, 0.2) is 0 Å². The van der Waals surface area contributed by atoms with Crippen molar-refractivity contribution in [1.29, 1.82) is 0 Å². The Morgan fingerprint density at radius 3 is 2.53 bits per heavy atom. The minimum atomic E-state index is -0.655. The van der Waals surface area contributed by atoms with Crippen molar-refractivity contribution in [2.75, 3.05) is 0 Å². The van der Waals surface area contributed by atoms with Crippen LogP contribution in [0.15, 0.2) is 18.2 Å². The van der Waals surface area contributed by atoms with Crippen molar-refractivity contribution in [2.24, 2.45) is 11.7 Å². The van der Waals surface area contributed by atoms with Gasteiger partial charge in [-0.3, -0.25) is 0 Å². The Kier molecular flexibility index (Phi) is 5.37. The molecule has 0 aliphatic carbocycles. The Hall–Kier alpha value is -0.640. The molecule has 1 aromatic carbocycles. The first-order chi connectivity index (χ1) is 7.91. The Labute approximate surface area is 107 Å². The first-order valence-electron chi connectivity index (χ1n) is 5.80. The predicted molar refractivity (Wildman–Crippen MR) is 68.4 cm³/mol. The molecule has 2 atom stereocenters. The summed E-state index contributed by atoms with van der Waals surface area (Å²) < 4.78 is 13.2. The summed E-state index contributed by atoms with van der Waals surface area (Å²) in [6.07, 6.45) is 0.853. The Balaban J connectivity index is 2.67. The molecule has 0 saturated heterocycles. The van der Waals surface area contributed by atoms with Crippen LogP contribution in [0.5, 0.6) is 0 Å². The second-order valence-electron chi connectivity index (χ2n) is 4.74. The second kappa shape index (κ2) is 6.34. The van der Waals surface area contributed by atoms with Crippen LogP contribution >= 0.6 is 11.6 Å². The molecule has 0 heterocycles. The van der Waals surface area contributed by atoms with Crippen LogP contribution in [0.25, 0.3) is 0 Å². The van der Waals surface area contributed by atoms with E-state index in [-0.39, 0.29) is 5.02 Å². The van der Waals surface area contributed by atoms with Crippen molar-refractivity contribution < 1.29 is 9.50 Å². The summed E-state index contributed by atoms with van der Waals surface area (Å²) >= 11 is 5.59. The highest BCUT2D eigenvalue weighted by molar-refractivity contribution is 6.30. The van der Waals surface area contributed by atoms with Gasteiger partial charge < -0.3 is 10.8 Å². The molecule has 0 spiro atoms. The third-order valence-electron chi connectivity index (χ3n) is 2.78. The summed E-state index contributed by atoms with van der Waals surface area (Å²) in [5, 5.41) is 9.97. The largest absolute Gasteiger partial charge is 0.391 e. The maximum atomic E-state index is 13.2. The van der Waals surface area contributed by atoms with Crippen LogP contribution in [0.3, 0.4) is 0 Å². The fourth-order valence-corrected chi connectivity index (χ4v) is 1.74. The third kappa shape index (κ3) is 4.26. The van der Waals surface area contributed by atoms with Crippen LogP contribution in [-0.2, 0) is 0 Å². The minimum absolute atomic E-state index is 0.0672. The molecule has 3 N–H and O–H groups in total. The Bertz CT molecular complexity index is 370. The molecule has 96 valence electrons. The molecule has 1 rings (SSSR count). The molecule has 0 fully saturated rings. The van der Waals surface area contributed by atoms with Crippen LogP contribution in [0.4, 0.5) is 4.39 Å². The number of halogens is 2. The van der Waals surface area contributed by atoms with Gasteiger partial charge in [-0.15, -0.1) is 0 Å². The zero-order valence-electron chi connectivity index (χ0n) is 10.2. The first-order valence-corrected chi connectivity index (χ1v) is 6.18. The summed E-state index contributed by atoms with van der Waals surface area (Å²) in [7, 11) is 0. The fraction of sp³-hybridized carbons (Fsp3) is 0.538. The Morgan fingerprint density at radius 2 is 2.00 bits per heavy atom. The van der Waals surface area contributed by atoms with Crippen LogP contribution in [0.2, 0.25) is 5.02 Å². The number of hydrogen-bond acceptors (Lipinski definition) is 2. The average Bonchev–Trinajstić information content (AvgIpc) is 2.28. The lowest BCUT2D eigenvalue weighted by molar-refractivity contribution is 0.128. The summed E-state index contributed by atoms with van der Waals surface area (Å²) in [5.74, 6) is 0.00878. The van der Waals surface area contributed by atoms with Gasteiger partial charge in [-0.1, -0.05) is 31.5 Å². The van der Waals surface area contributed by atoms with E-state index in [1.807, 2.05) is 0 Å². The summed E-state index contributed by atoms with van der Waals surface area (Å²) in [5.41, 5.74) is 6.46. The lowest BCUT2D eigenvalue weighted by Gasteiger charge is -2.20. The van der Waals surface area contributed by atoms with E-state index in [1.165, 1.54) is 12.1 Å². The monoisotopic (exact) mass is 259 g/mol. The van der Waals surface area contributed by atoms with Crippen LogP contribution < -0.4 is 5.73 Å². The van der Waals surface area contributed by atoms with Gasteiger partial charge in [0.1, 0.15) is 5.82 Å². The number of rotatable bonds is 5. The van der Waals surface area contributed by atoms with Gasteiger partial charge in [0.2, 0.25) is 0 Å². The van der Waals surface area contributed by atoms with Gasteiger partial charge in [0.05, 0.1) is 17.2 Å². The molecule has 0 aliphatic heterocycles. The van der Waals surface area contributed by atoms with E-state index in [2.05, 4.69) is 13.8 Å². The van der Waals surface area contributed by atoms with E-state index < -0.39 is 18.0 Å². The number of aliphatic hydroxyl groups excluding tert-OH is 1. The standard InChI is InChI=1S/C13H19ClFNO/c1-8(2)3-6-12(17)13(16)9-4-5-10(14)11(15)7-9/h4-5,7-8,12-13,17H,3,6,16H2,1-2H3/t12-,13+/m0/s1. The van der Waals surface area contributed by atoms with E-state index in [0.717, 1.165) is 6.42 Å². The smallest absolute Gasteiger partial charge is 0.142 e. The number of benzene rings is 1. The van der Waals surface area contributed by atoms with Crippen molar-refractivity contribution in [3.63, 3.8) is 0 Å². The zero-order valence-corrected chi connectivity index (χ0v) is 10.9. The molecule has 0 radical (unpaired) electrons. The molecule has 1 aromatic rings. The lowest BCUT2D eigenvalue weighted by atomic mass is 9.96. The molecule has 0 saturated carbocycles. The molecule has 0 bridgehead atoms. The second-order valence-corrected chi connectivity index (χ2v) is 5.15. The van der Waals surface area contributed by atoms with Gasteiger partial charge in [-0.2, -0.15) is 0 Å². The quantitative estimate of drug-likeness (QED) is 0.853. The fourth-order valence-electron chi connectivity index (χ4n) is 1.63. The SMILES string of the molecule is CC(C)CC[C@H](O)[C@H](N)c1ccc(Cl)c(F)c1. The van der Waals surface area contributed by atoms with Gasteiger partial charge in [0.25, 0.3) is 0 Å². The van der Waals surface area contributed by atoms with Crippen molar-refractivity contribution in [2.45, 2.75) is 38.8 Å². The number of nitrogens with two attached hydrogens (primary N) is 1. The number of aliphatic hydroxyl groups is 1. The average molecular weight is 260 g/mol. The third-order valence-corrected chi connectivity index (χ3v) is 3.09. The minimum Gasteiger partial charge on any atom is -0.391 e. The maximum Gasteiger partial charge on any atom is 0.142 e. The molecule has 2 nitrogen and oxygen atoms in total. The van der Waals surface area contributed by atoms with E-state index in [1.54, 1.807) is 6.07 Å². The van der Waals surface area contributed by atoms with Crippen LogP contribution in [0, 0.1) is 11.7 Å². The van der Waals surface area contributed by atoms with Gasteiger partial charge in [-0.25, -0.2) is 4.39 Å². The lowest BCUT2D eigenvalue weighted by Crippen LogP contribution is -2.26. The van der Waals surface area contributed by atoms with Crippen molar-refractivity contribution >= 4 is 11.6 Å². The molecule has 17 heavy (non-hydrogen) atoms. The summed E-state index contributed by atoms with van der Waals surface area (Å²) in [6, 6.07) is 3.82. The van der Waals surface area contributed by atoms with Crippen molar-refractivity contribution in [1.82, 2.24) is 0 Å². The predicted octanol–water partition coefficient (Wildman–Crippen LogP) is 3.28. The number of hydrogen-bond donors (Lipinski definition) is 2. The molecule has 0 unspecified atom stereocenters. The van der Waals surface area contributed by atoms with E-state index in [4.69, 9.17) is 17.3 Å².